The number of aryl methyl sites for hydroxylation is 1. The predicted molar refractivity (Wildman–Crippen MR) is 88.8 cm³/mol. The Morgan fingerprint density at radius 1 is 1.27 bits per heavy atom. The third kappa shape index (κ3) is 5.78. The molecule has 0 aliphatic carbocycles. The summed E-state index contributed by atoms with van der Waals surface area (Å²) < 4.78 is 5.69. The molecule has 22 heavy (non-hydrogen) atoms. The third-order valence-electron chi connectivity index (χ3n) is 3.98. The lowest BCUT2D eigenvalue weighted by atomic mass is 10.1. The fraction of sp³-hybridized carbons (Fsp3) is 0.611. The van der Waals surface area contributed by atoms with Gasteiger partial charge in [0.1, 0.15) is 0 Å². The predicted octanol–water partition coefficient (Wildman–Crippen LogP) is 2.23. The van der Waals surface area contributed by atoms with E-state index in [0.29, 0.717) is 6.54 Å². The second-order valence-corrected chi connectivity index (χ2v) is 6.44. The van der Waals surface area contributed by atoms with Gasteiger partial charge in [-0.2, -0.15) is 0 Å². The molecule has 0 bridgehead atoms. The number of rotatable bonds is 6. The van der Waals surface area contributed by atoms with Crippen LogP contribution in [-0.2, 0) is 16.0 Å². The number of carbonyl (C=O) groups excluding carboxylic acids is 1. The molecule has 1 aliphatic rings. The molecule has 1 heterocycles. The van der Waals surface area contributed by atoms with Gasteiger partial charge in [-0.1, -0.05) is 30.3 Å². The molecule has 1 aromatic carbocycles. The maximum atomic E-state index is 12.2. The van der Waals surface area contributed by atoms with Crippen molar-refractivity contribution in [2.45, 2.75) is 51.9 Å². The monoisotopic (exact) mass is 304 g/mol. The minimum atomic E-state index is 0.113. The Balaban J connectivity index is 1.69. The van der Waals surface area contributed by atoms with Crippen LogP contribution in [0.2, 0.25) is 0 Å². The average Bonchev–Trinajstić information content (AvgIpc) is 2.45. The molecule has 0 saturated carbocycles. The highest BCUT2D eigenvalue weighted by Gasteiger charge is 2.23. The van der Waals surface area contributed by atoms with E-state index < -0.39 is 0 Å². The minimum absolute atomic E-state index is 0.113. The number of morpholine rings is 1. The molecule has 4 nitrogen and oxygen atoms in total. The van der Waals surface area contributed by atoms with Crippen molar-refractivity contribution in [3.8, 4) is 0 Å². The summed E-state index contributed by atoms with van der Waals surface area (Å²) in [5, 5.41) is 3.11. The number of carbonyl (C=O) groups is 1. The highest BCUT2D eigenvalue weighted by atomic mass is 16.5. The molecule has 1 N–H and O–H groups in total. The second-order valence-electron chi connectivity index (χ2n) is 6.44. The van der Waals surface area contributed by atoms with Crippen molar-refractivity contribution in [2.75, 3.05) is 19.6 Å². The van der Waals surface area contributed by atoms with Gasteiger partial charge in [0.2, 0.25) is 5.91 Å². The summed E-state index contributed by atoms with van der Waals surface area (Å²) in [4.78, 5) is 14.3. The van der Waals surface area contributed by atoms with Gasteiger partial charge in [-0.25, -0.2) is 0 Å². The second kappa shape index (κ2) is 8.30. The van der Waals surface area contributed by atoms with Crippen molar-refractivity contribution in [1.82, 2.24) is 10.2 Å². The number of nitrogens with zero attached hydrogens (tertiary/aromatic N) is 1. The maximum Gasteiger partial charge on any atom is 0.234 e. The molecule has 0 spiro atoms. The molecular weight excluding hydrogens is 276 g/mol. The zero-order valence-corrected chi connectivity index (χ0v) is 13.9. The molecule has 1 aliphatic heterocycles. The first kappa shape index (κ1) is 17.0. The van der Waals surface area contributed by atoms with Crippen LogP contribution in [0.5, 0.6) is 0 Å². The third-order valence-corrected chi connectivity index (χ3v) is 3.98. The Labute approximate surface area is 133 Å². The normalized spacial score (nSPS) is 24.0. The lowest BCUT2D eigenvalue weighted by molar-refractivity contribution is -0.126. The van der Waals surface area contributed by atoms with Crippen LogP contribution in [-0.4, -0.2) is 48.7 Å². The Hall–Kier alpha value is -1.39. The van der Waals surface area contributed by atoms with E-state index in [9.17, 15) is 4.79 Å². The van der Waals surface area contributed by atoms with Gasteiger partial charge < -0.3 is 10.1 Å². The zero-order chi connectivity index (χ0) is 15.9. The number of hydrogen-bond donors (Lipinski definition) is 1. The Morgan fingerprint density at radius 3 is 2.55 bits per heavy atom. The quantitative estimate of drug-likeness (QED) is 0.876. The van der Waals surface area contributed by atoms with Crippen molar-refractivity contribution in [3.63, 3.8) is 0 Å². The van der Waals surface area contributed by atoms with Crippen LogP contribution in [0.3, 0.4) is 0 Å². The van der Waals surface area contributed by atoms with Crippen molar-refractivity contribution in [1.29, 1.82) is 0 Å². The Bertz CT molecular complexity index is 453. The largest absolute Gasteiger partial charge is 0.373 e. The highest BCUT2D eigenvalue weighted by molar-refractivity contribution is 5.78. The number of amides is 1. The summed E-state index contributed by atoms with van der Waals surface area (Å²) in [5.74, 6) is 0.113. The van der Waals surface area contributed by atoms with E-state index in [1.807, 2.05) is 6.07 Å². The van der Waals surface area contributed by atoms with Gasteiger partial charge in [-0.3, -0.25) is 9.69 Å². The summed E-state index contributed by atoms with van der Waals surface area (Å²) in [6, 6.07) is 10.6. The summed E-state index contributed by atoms with van der Waals surface area (Å²) in [6.45, 7) is 8.32. The van der Waals surface area contributed by atoms with Gasteiger partial charge in [0.15, 0.2) is 0 Å². The minimum Gasteiger partial charge on any atom is -0.373 e. The standard InChI is InChI=1S/C18H28N2O2/c1-14(9-10-17-7-5-4-6-8-17)19-18(21)13-20-11-15(2)22-16(3)12-20/h4-8,14-16H,9-13H2,1-3H3,(H,19,21)/t14-,15+,16+/m1/s1. The highest BCUT2D eigenvalue weighted by Crippen LogP contribution is 2.10. The van der Waals surface area contributed by atoms with Crippen LogP contribution in [0, 0.1) is 0 Å². The van der Waals surface area contributed by atoms with Gasteiger partial charge in [-0.15, -0.1) is 0 Å². The van der Waals surface area contributed by atoms with Gasteiger partial charge in [-0.05, 0) is 39.2 Å². The molecule has 1 saturated heterocycles. The smallest absolute Gasteiger partial charge is 0.234 e. The van der Waals surface area contributed by atoms with Crippen molar-refractivity contribution < 1.29 is 9.53 Å². The van der Waals surface area contributed by atoms with Crippen molar-refractivity contribution in [2.24, 2.45) is 0 Å². The van der Waals surface area contributed by atoms with Crippen molar-refractivity contribution >= 4 is 5.91 Å². The summed E-state index contributed by atoms with van der Waals surface area (Å²) >= 11 is 0. The van der Waals surface area contributed by atoms with E-state index in [1.54, 1.807) is 0 Å². The van der Waals surface area contributed by atoms with E-state index in [2.05, 4.69) is 55.3 Å². The van der Waals surface area contributed by atoms with Gasteiger partial charge in [0.05, 0.1) is 18.8 Å². The molecule has 122 valence electrons. The molecule has 4 heteroatoms. The van der Waals surface area contributed by atoms with Gasteiger partial charge >= 0.3 is 0 Å². The Kier molecular flexibility index (Phi) is 6.40. The average molecular weight is 304 g/mol. The first-order valence-electron chi connectivity index (χ1n) is 8.24. The van der Waals surface area contributed by atoms with Crippen LogP contribution in [0.4, 0.5) is 0 Å². The molecule has 0 aromatic heterocycles. The van der Waals surface area contributed by atoms with E-state index in [0.717, 1.165) is 25.9 Å². The molecule has 1 aromatic rings. The van der Waals surface area contributed by atoms with E-state index in [1.165, 1.54) is 5.56 Å². The fourth-order valence-electron chi connectivity index (χ4n) is 3.04. The van der Waals surface area contributed by atoms with E-state index >= 15 is 0 Å². The number of nitrogens with one attached hydrogen (secondary N) is 1. The SMILES string of the molecule is C[C@H](CCc1ccccc1)NC(=O)CN1C[C@H](C)O[C@@H](C)C1. The lowest BCUT2D eigenvalue weighted by Gasteiger charge is -2.35. The van der Waals surface area contributed by atoms with Crippen LogP contribution in [0.15, 0.2) is 30.3 Å². The molecule has 0 radical (unpaired) electrons. The number of benzene rings is 1. The first-order valence-corrected chi connectivity index (χ1v) is 8.24. The van der Waals surface area contributed by atoms with E-state index in [4.69, 9.17) is 4.74 Å². The summed E-state index contributed by atoms with van der Waals surface area (Å²) in [5.41, 5.74) is 1.32. The van der Waals surface area contributed by atoms with Gasteiger partial charge in [0, 0.05) is 19.1 Å². The summed E-state index contributed by atoms with van der Waals surface area (Å²) in [6.07, 6.45) is 2.36. The van der Waals surface area contributed by atoms with Crippen LogP contribution < -0.4 is 5.32 Å². The number of ether oxygens (including phenoxy) is 1. The summed E-state index contributed by atoms with van der Waals surface area (Å²) in [7, 11) is 0. The van der Waals surface area contributed by atoms with Gasteiger partial charge in [0.25, 0.3) is 0 Å². The van der Waals surface area contributed by atoms with E-state index in [-0.39, 0.29) is 24.2 Å². The molecular formula is C18H28N2O2. The van der Waals surface area contributed by atoms with Crippen LogP contribution in [0.25, 0.3) is 0 Å². The zero-order valence-electron chi connectivity index (χ0n) is 13.9. The molecule has 0 unspecified atom stereocenters. The molecule has 3 atom stereocenters. The van der Waals surface area contributed by atoms with Crippen LogP contribution in [0.1, 0.15) is 32.8 Å². The number of hydrogen-bond acceptors (Lipinski definition) is 3. The first-order chi connectivity index (χ1) is 10.5. The molecule has 1 amide bonds. The fourth-order valence-corrected chi connectivity index (χ4v) is 3.04. The Morgan fingerprint density at radius 2 is 1.91 bits per heavy atom. The maximum absolute atomic E-state index is 12.2. The lowest BCUT2D eigenvalue weighted by Crippen LogP contribution is -2.50. The van der Waals surface area contributed by atoms with Crippen LogP contribution >= 0.6 is 0 Å². The molecule has 1 fully saturated rings. The molecule has 2 rings (SSSR count). The topological polar surface area (TPSA) is 41.6 Å². The van der Waals surface area contributed by atoms with Crippen molar-refractivity contribution in [3.05, 3.63) is 35.9 Å².